The van der Waals surface area contributed by atoms with Gasteiger partial charge in [-0.3, -0.25) is 0 Å². The summed E-state index contributed by atoms with van der Waals surface area (Å²) in [5, 5.41) is 0. The molecule has 0 aromatic heterocycles. The van der Waals surface area contributed by atoms with E-state index < -0.39 is 32.8 Å². The van der Waals surface area contributed by atoms with Gasteiger partial charge in [-0.1, -0.05) is 12.1 Å². The predicted molar refractivity (Wildman–Crippen MR) is 128 cm³/mol. The van der Waals surface area contributed by atoms with E-state index in [0.29, 0.717) is 18.4 Å². The van der Waals surface area contributed by atoms with Gasteiger partial charge in [0.25, 0.3) is 0 Å². The number of nitrogens with zero attached hydrogens (tertiary/aromatic N) is 1. The zero-order valence-electron chi connectivity index (χ0n) is 20.4. The van der Waals surface area contributed by atoms with Gasteiger partial charge >= 0.3 is 6.09 Å². The van der Waals surface area contributed by atoms with Crippen molar-refractivity contribution in [2.75, 3.05) is 12.9 Å². The van der Waals surface area contributed by atoms with Gasteiger partial charge in [-0.05, 0) is 87.8 Å². The van der Waals surface area contributed by atoms with Crippen LogP contribution in [0.2, 0.25) is 0 Å². The van der Waals surface area contributed by atoms with Crippen molar-refractivity contribution >= 4 is 15.9 Å². The monoisotopic (exact) mass is 507 g/mol. The zero-order valence-corrected chi connectivity index (χ0v) is 21.2. The number of hydrogen-bond donors (Lipinski definition) is 0. The first-order valence-electron chi connectivity index (χ1n) is 11.8. The highest BCUT2D eigenvalue weighted by atomic mass is 32.2. The van der Waals surface area contributed by atoms with Crippen LogP contribution in [0.5, 0.6) is 5.75 Å². The Bertz CT molecular complexity index is 1170. The second kappa shape index (κ2) is 9.41. The summed E-state index contributed by atoms with van der Waals surface area (Å²) in [4.78, 5) is 14.6. The van der Waals surface area contributed by atoms with Crippen LogP contribution in [-0.2, 0) is 14.6 Å². The van der Waals surface area contributed by atoms with Crippen molar-refractivity contribution in [3.8, 4) is 16.9 Å². The van der Waals surface area contributed by atoms with Crippen molar-refractivity contribution < 1.29 is 31.5 Å². The molecule has 0 aliphatic carbocycles. The fourth-order valence-corrected chi connectivity index (χ4v) is 5.63. The molecule has 0 spiro atoms. The van der Waals surface area contributed by atoms with Crippen LogP contribution in [0.25, 0.3) is 11.1 Å². The Morgan fingerprint density at radius 2 is 1.54 bits per heavy atom. The highest BCUT2D eigenvalue weighted by molar-refractivity contribution is 7.90. The lowest BCUT2D eigenvalue weighted by Crippen LogP contribution is -2.49. The number of amides is 1. The smallest absolute Gasteiger partial charge is 0.410 e. The number of carbonyl (C=O) groups excluding carboxylic acids is 1. The third-order valence-electron chi connectivity index (χ3n) is 6.51. The molecule has 2 atom stereocenters. The molecule has 35 heavy (non-hydrogen) atoms. The van der Waals surface area contributed by atoms with Gasteiger partial charge in [0.05, 0.1) is 11.5 Å². The van der Waals surface area contributed by atoms with E-state index in [-0.39, 0.29) is 41.2 Å². The first kappa shape index (κ1) is 25.4. The van der Waals surface area contributed by atoms with Gasteiger partial charge in [0.2, 0.25) is 0 Å². The highest BCUT2D eigenvalue weighted by Crippen LogP contribution is 2.40. The maximum atomic E-state index is 14.8. The van der Waals surface area contributed by atoms with Crippen LogP contribution in [0, 0.1) is 17.6 Å². The number of carbonyl (C=O) groups is 1. The van der Waals surface area contributed by atoms with Crippen molar-refractivity contribution in [2.45, 2.75) is 69.0 Å². The number of benzene rings is 2. The molecule has 2 unspecified atom stereocenters. The van der Waals surface area contributed by atoms with Crippen LogP contribution >= 0.6 is 0 Å². The summed E-state index contributed by atoms with van der Waals surface area (Å²) in [6.45, 7) is 5.68. The molecular weight excluding hydrogens is 476 g/mol. The number of sulfone groups is 1. The Labute approximate surface area is 205 Å². The molecule has 2 aliphatic rings. The summed E-state index contributed by atoms with van der Waals surface area (Å²) in [5.41, 5.74) is 0.219. The quantitative estimate of drug-likeness (QED) is 0.527. The highest BCUT2D eigenvalue weighted by Gasteiger charge is 2.45. The van der Waals surface area contributed by atoms with Gasteiger partial charge in [-0.25, -0.2) is 22.0 Å². The minimum absolute atomic E-state index is 0.0455. The molecule has 2 aromatic rings. The molecular formula is C26H31F2NO5S. The average Bonchev–Trinajstić information content (AvgIpc) is 3.02. The topological polar surface area (TPSA) is 72.9 Å². The van der Waals surface area contributed by atoms with Crippen molar-refractivity contribution in [3.63, 3.8) is 0 Å². The van der Waals surface area contributed by atoms with E-state index in [1.165, 1.54) is 36.4 Å². The molecule has 4 rings (SSSR count). The van der Waals surface area contributed by atoms with Crippen LogP contribution in [-0.4, -0.2) is 50.0 Å². The first-order chi connectivity index (χ1) is 16.3. The van der Waals surface area contributed by atoms with E-state index >= 15 is 0 Å². The summed E-state index contributed by atoms with van der Waals surface area (Å²) >= 11 is 0. The van der Waals surface area contributed by atoms with E-state index in [2.05, 4.69) is 0 Å². The summed E-state index contributed by atoms with van der Waals surface area (Å²) in [5.74, 6) is -1.99. The van der Waals surface area contributed by atoms with Gasteiger partial charge in [0, 0.05) is 18.3 Å². The van der Waals surface area contributed by atoms with Crippen molar-refractivity contribution in [1.82, 2.24) is 4.90 Å². The van der Waals surface area contributed by atoms with Crippen LogP contribution in [0.1, 0.15) is 46.5 Å². The Balaban J connectivity index is 1.41. The summed E-state index contributed by atoms with van der Waals surface area (Å²) in [7, 11) is -3.36. The summed E-state index contributed by atoms with van der Waals surface area (Å²) in [6.07, 6.45) is 3.96. The number of rotatable bonds is 5. The molecule has 2 saturated heterocycles. The van der Waals surface area contributed by atoms with Gasteiger partial charge in [-0.2, -0.15) is 0 Å². The lowest BCUT2D eigenvalue weighted by atomic mass is 9.91. The largest absolute Gasteiger partial charge is 0.487 e. The SMILES string of the molecule is CC(C)(C)OC(=O)N1C2CCC1CC(COc1c(F)cc(-c3ccc(S(C)(=O)=O)cc3)cc1F)C2. The Hall–Kier alpha value is -2.68. The number of halogens is 2. The van der Waals surface area contributed by atoms with Crippen LogP contribution in [0.4, 0.5) is 13.6 Å². The normalized spacial score (nSPS) is 22.2. The Morgan fingerprint density at radius 3 is 2.03 bits per heavy atom. The fraction of sp³-hybridized carbons (Fsp3) is 0.500. The van der Waals surface area contributed by atoms with Gasteiger partial charge in [-0.15, -0.1) is 0 Å². The standard InChI is InChI=1S/C26H31F2NO5S/c1-26(2,3)34-25(30)29-19-7-8-20(29)12-16(11-19)15-33-24-22(27)13-18(14-23(24)28)17-5-9-21(10-6-17)35(4,31)32/h5-6,9-10,13-14,16,19-20H,7-8,11-12,15H2,1-4H3. The molecule has 1 amide bonds. The maximum absolute atomic E-state index is 14.8. The zero-order chi connectivity index (χ0) is 25.5. The predicted octanol–water partition coefficient (Wildman–Crippen LogP) is 5.59. The molecule has 190 valence electrons. The van der Waals surface area contributed by atoms with Gasteiger partial charge in [0.1, 0.15) is 5.60 Å². The van der Waals surface area contributed by atoms with E-state index in [9.17, 15) is 22.0 Å². The fourth-order valence-electron chi connectivity index (χ4n) is 5.00. The Kier molecular flexibility index (Phi) is 6.83. The van der Waals surface area contributed by atoms with E-state index in [1.807, 2.05) is 25.7 Å². The molecule has 0 N–H and O–H groups in total. The first-order valence-corrected chi connectivity index (χ1v) is 13.6. The van der Waals surface area contributed by atoms with E-state index in [4.69, 9.17) is 9.47 Å². The molecule has 2 aliphatic heterocycles. The molecule has 2 aromatic carbocycles. The molecule has 6 nitrogen and oxygen atoms in total. The number of fused-ring (bicyclic) bond motifs is 2. The minimum atomic E-state index is -3.36. The van der Waals surface area contributed by atoms with Crippen molar-refractivity contribution in [1.29, 1.82) is 0 Å². The lowest BCUT2D eigenvalue weighted by Gasteiger charge is -2.39. The summed E-state index contributed by atoms with van der Waals surface area (Å²) in [6, 6.07) is 8.30. The number of hydrogen-bond acceptors (Lipinski definition) is 5. The summed E-state index contributed by atoms with van der Waals surface area (Å²) < 4.78 is 64.0. The van der Waals surface area contributed by atoms with Crippen LogP contribution in [0.15, 0.2) is 41.3 Å². The molecule has 2 fully saturated rings. The molecule has 2 bridgehead atoms. The minimum Gasteiger partial charge on any atom is -0.487 e. The van der Waals surface area contributed by atoms with Crippen molar-refractivity contribution in [2.24, 2.45) is 5.92 Å². The second-order valence-corrected chi connectivity index (χ2v) is 12.5. The average molecular weight is 508 g/mol. The third kappa shape index (κ3) is 5.77. The maximum Gasteiger partial charge on any atom is 0.410 e. The van der Waals surface area contributed by atoms with Crippen molar-refractivity contribution in [3.05, 3.63) is 48.0 Å². The number of piperidine rings is 1. The molecule has 0 radical (unpaired) electrons. The van der Waals surface area contributed by atoms with Gasteiger partial charge in [0.15, 0.2) is 27.2 Å². The second-order valence-electron chi connectivity index (χ2n) is 10.5. The molecule has 0 saturated carbocycles. The van der Waals surface area contributed by atoms with E-state index in [1.54, 1.807) is 0 Å². The Morgan fingerprint density at radius 1 is 1.00 bits per heavy atom. The number of ether oxygens (including phenoxy) is 2. The molecule has 2 heterocycles. The van der Waals surface area contributed by atoms with Gasteiger partial charge < -0.3 is 14.4 Å². The lowest BCUT2D eigenvalue weighted by molar-refractivity contribution is -0.00114. The third-order valence-corrected chi connectivity index (χ3v) is 7.64. The van der Waals surface area contributed by atoms with E-state index in [0.717, 1.165) is 19.1 Å². The van der Waals surface area contributed by atoms with Crippen LogP contribution in [0.3, 0.4) is 0 Å². The van der Waals surface area contributed by atoms with Crippen LogP contribution < -0.4 is 4.74 Å². The molecule has 9 heteroatoms.